The molecule has 9 heteroatoms. The van der Waals surface area contributed by atoms with Gasteiger partial charge in [0.25, 0.3) is 10.0 Å². The molecule has 0 N–H and O–H groups in total. The van der Waals surface area contributed by atoms with Crippen molar-refractivity contribution in [2.75, 3.05) is 44.2 Å². The maximum Gasteiger partial charge on any atom is 0.252 e. The van der Waals surface area contributed by atoms with E-state index < -0.39 is 10.0 Å². The highest BCUT2D eigenvalue weighted by molar-refractivity contribution is 7.91. The number of nitrogens with zero attached hydrogens (tertiary/aromatic N) is 4. The third-order valence-electron chi connectivity index (χ3n) is 6.21. The Hall–Kier alpha value is -2.41. The van der Waals surface area contributed by atoms with Crippen molar-refractivity contribution in [3.8, 4) is 6.07 Å². The Kier molecular flexibility index (Phi) is 6.84. The van der Waals surface area contributed by atoms with Gasteiger partial charge in [-0.05, 0) is 62.6 Å². The lowest BCUT2D eigenvalue weighted by Crippen LogP contribution is -2.47. The Bertz CT molecular complexity index is 1110. The molecule has 0 radical (unpaired) electrons. The second-order valence-corrected chi connectivity index (χ2v) is 11.8. The second-order valence-electron chi connectivity index (χ2n) is 8.39. The fraction of sp³-hybridized carbons (Fsp3) is 0.478. The molecule has 2 aliphatic heterocycles. The zero-order valence-corrected chi connectivity index (χ0v) is 19.9. The van der Waals surface area contributed by atoms with Crippen LogP contribution < -0.4 is 4.90 Å². The lowest BCUT2D eigenvalue weighted by Gasteiger charge is -2.34. The molecule has 1 atom stereocenters. The van der Waals surface area contributed by atoms with Crippen molar-refractivity contribution in [3.63, 3.8) is 0 Å². The van der Waals surface area contributed by atoms with Gasteiger partial charge in [0.05, 0.1) is 17.6 Å². The zero-order valence-electron chi connectivity index (χ0n) is 18.2. The molecule has 0 bridgehead atoms. The molecule has 32 heavy (non-hydrogen) atoms. The Morgan fingerprint density at radius 1 is 1.03 bits per heavy atom. The maximum absolute atomic E-state index is 13.3. The SMILES string of the molecule is Cc1ccc(S(=O)(=O)N2CCCC(C(=O)N3CCCN(c4ccc(C#N)cc4)CC3)C2)s1. The van der Waals surface area contributed by atoms with E-state index in [0.29, 0.717) is 35.8 Å². The Labute approximate surface area is 193 Å². The summed E-state index contributed by atoms with van der Waals surface area (Å²) in [6.07, 6.45) is 2.28. The monoisotopic (exact) mass is 472 g/mol. The van der Waals surface area contributed by atoms with Gasteiger partial charge in [-0.3, -0.25) is 4.79 Å². The predicted octanol–water partition coefficient (Wildman–Crippen LogP) is 3.07. The molecule has 1 aromatic carbocycles. The number of benzene rings is 1. The van der Waals surface area contributed by atoms with Gasteiger partial charge in [-0.1, -0.05) is 0 Å². The number of amides is 1. The first-order chi connectivity index (χ1) is 15.4. The second kappa shape index (κ2) is 9.61. The molecule has 4 rings (SSSR count). The summed E-state index contributed by atoms with van der Waals surface area (Å²) in [5.41, 5.74) is 1.69. The zero-order chi connectivity index (χ0) is 22.7. The van der Waals surface area contributed by atoms with Gasteiger partial charge < -0.3 is 9.80 Å². The van der Waals surface area contributed by atoms with Gasteiger partial charge in [-0.2, -0.15) is 9.57 Å². The lowest BCUT2D eigenvalue weighted by molar-refractivity contribution is -0.136. The minimum absolute atomic E-state index is 0.0638. The predicted molar refractivity (Wildman–Crippen MR) is 125 cm³/mol. The van der Waals surface area contributed by atoms with Crippen LogP contribution in [0.1, 0.15) is 29.7 Å². The van der Waals surface area contributed by atoms with Crippen LogP contribution in [0.5, 0.6) is 0 Å². The first-order valence-corrected chi connectivity index (χ1v) is 13.2. The van der Waals surface area contributed by atoms with Gasteiger partial charge in [0, 0.05) is 49.8 Å². The van der Waals surface area contributed by atoms with Crippen LogP contribution in [0.2, 0.25) is 0 Å². The minimum atomic E-state index is -3.55. The summed E-state index contributed by atoms with van der Waals surface area (Å²) in [5, 5.41) is 8.99. The van der Waals surface area contributed by atoms with Crippen molar-refractivity contribution in [3.05, 3.63) is 46.8 Å². The molecule has 2 fully saturated rings. The maximum atomic E-state index is 13.3. The van der Waals surface area contributed by atoms with E-state index in [2.05, 4.69) is 11.0 Å². The molecule has 0 saturated carbocycles. The molecule has 2 aromatic rings. The van der Waals surface area contributed by atoms with E-state index in [1.807, 2.05) is 42.2 Å². The molecule has 1 unspecified atom stereocenters. The first kappa shape index (κ1) is 22.8. The van der Waals surface area contributed by atoms with E-state index in [-0.39, 0.29) is 18.4 Å². The number of carbonyl (C=O) groups is 1. The van der Waals surface area contributed by atoms with Crippen LogP contribution in [0.25, 0.3) is 0 Å². The topological polar surface area (TPSA) is 84.7 Å². The average molecular weight is 473 g/mol. The first-order valence-electron chi connectivity index (χ1n) is 11.0. The molecular weight excluding hydrogens is 444 g/mol. The summed E-state index contributed by atoms with van der Waals surface area (Å²) in [6.45, 7) is 5.49. The van der Waals surface area contributed by atoms with Crippen molar-refractivity contribution in [1.29, 1.82) is 5.26 Å². The smallest absolute Gasteiger partial charge is 0.252 e. The molecule has 1 aromatic heterocycles. The molecule has 3 heterocycles. The number of sulfonamides is 1. The number of aryl methyl sites for hydroxylation is 1. The largest absolute Gasteiger partial charge is 0.370 e. The third-order valence-corrected chi connectivity index (χ3v) is 9.55. The minimum Gasteiger partial charge on any atom is -0.370 e. The Morgan fingerprint density at radius 3 is 2.50 bits per heavy atom. The van der Waals surface area contributed by atoms with Gasteiger partial charge in [0.15, 0.2) is 0 Å². The number of nitriles is 1. The van der Waals surface area contributed by atoms with Crippen LogP contribution >= 0.6 is 11.3 Å². The molecule has 0 aliphatic carbocycles. The summed E-state index contributed by atoms with van der Waals surface area (Å²) in [5.74, 6) is -0.227. The van der Waals surface area contributed by atoms with Crippen LogP contribution in [0.4, 0.5) is 5.69 Å². The number of hydrogen-bond acceptors (Lipinski definition) is 6. The summed E-state index contributed by atoms with van der Waals surface area (Å²) < 4.78 is 27.9. The quantitative estimate of drug-likeness (QED) is 0.683. The average Bonchev–Trinajstić information content (AvgIpc) is 3.12. The normalized spacial score (nSPS) is 20.6. The molecule has 7 nitrogen and oxygen atoms in total. The summed E-state index contributed by atoms with van der Waals surface area (Å²) in [6, 6.07) is 13.1. The highest BCUT2D eigenvalue weighted by Crippen LogP contribution is 2.29. The number of hydrogen-bond donors (Lipinski definition) is 0. The van der Waals surface area contributed by atoms with Crippen LogP contribution in [0.15, 0.2) is 40.6 Å². The number of piperidine rings is 1. The van der Waals surface area contributed by atoms with E-state index in [9.17, 15) is 13.2 Å². The highest BCUT2D eigenvalue weighted by atomic mass is 32.2. The molecule has 170 valence electrons. The van der Waals surface area contributed by atoms with Crippen molar-refractivity contribution in [2.24, 2.45) is 5.92 Å². The Balaban J connectivity index is 1.40. The van der Waals surface area contributed by atoms with Crippen molar-refractivity contribution < 1.29 is 13.2 Å². The van der Waals surface area contributed by atoms with E-state index in [1.165, 1.54) is 15.6 Å². The molecular formula is C23H28N4O3S2. The van der Waals surface area contributed by atoms with Crippen molar-refractivity contribution in [1.82, 2.24) is 9.21 Å². The summed E-state index contributed by atoms with van der Waals surface area (Å²) >= 11 is 1.28. The summed E-state index contributed by atoms with van der Waals surface area (Å²) in [7, 11) is -3.55. The number of thiophene rings is 1. The lowest BCUT2D eigenvalue weighted by atomic mass is 9.98. The number of rotatable bonds is 4. The van der Waals surface area contributed by atoms with Crippen LogP contribution in [-0.4, -0.2) is 62.8 Å². The van der Waals surface area contributed by atoms with Crippen molar-refractivity contribution >= 4 is 33.0 Å². The van der Waals surface area contributed by atoms with E-state index in [4.69, 9.17) is 5.26 Å². The standard InChI is InChI=1S/C23H28N4O3S2/c1-18-5-10-22(31-18)32(29,30)27-13-2-4-20(17-27)23(28)26-12-3-11-25(14-15-26)21-8-6-19(16-24)7-9-21/h5-10,20H,2-4,11-15,17H2,1H3. The summed E-state index contributed by atoms with van der Waals surface area (Å²) in [4.78, 5) is 18.4. The van der Waals surface area contributed by atoms with Crippen LogP contribution in [0.3, 0.4) is 0 Å². The van der Waals surface area contributed by atoms with Gasteiger partial charge in [0.1, 0.15) is 4.21 Å². The number of anilines is 1. The number of carbonyl (C=O) groups excluding carboxylic acids is 1. The van der Waals surface area contributed by atoms with Crippen molar-refractivity contribution in [2.45, 2.75) is 30.4 Å². The van der Waals surface area contributed by atoms with Gasteiger partial charge >= 0.3 is 0 Å². The molecule has 1 amide bonds. The van der Waals surface area contributed by atoms with Gasteiger partial charge in [0.2, 0.25) is 5.91 Å². The molecule has 0 spiro atoms. The Morgan fingerprint density at radius 2 is 1.81 bits per heavy atom. The van der Waals surface area contributed by atoms with E-state index in [0.717, 1.165) is 36.5 Å². The molecule has 2 aliphatic rings. The van der Waals surface area contributed by atoms with E-state index >= 15 is 0 Å². The van der Waals surface area contributed by atoms with E-state index in [1.54, 1.807) is 6.07 Å². The third kappa shape index (κ3) is 4.82. The van der Waals surface area contributed by atoms with Gasteiger partial charge in [-0.15, -0.1) is 11.3 Å². The van der Waals surface area contributed by atoms with Crippen LogP contribution in [0, 0.1) is 24.2 Å². The fourth-order valence-electron chi connectivity index (χ4n) is 4.44. The highest BCUT2D eigenvalue weighted by Gasteiger charge is 2.36. The van der Waals surface area contributed by atoms with Gasteiger partial charge in [-0.25, -0.2) is 8.42 Å². The molecule has 2 saturated heterocycles. The fourth-order valence-corrected chi connectivity index (χ4v) is 7.40. The van der Waals surface area contributed by atoms with Crippen LogP contribution in [-0.2, 0) is 14.8 Å².